The lowest BCUT2D eigenvalue weighted by atomic mass is 10.0. The molecule has 1 aromatic carbocycles. The molecule has 0 heterocycles. The van der Waals surface area contributed by atoms with Crippen LogP contribution in [0.5, 0.6) is 0 Å². The molecule has 0 aromatic heterocycles. The van der Waals surface area contributed by atoms with E-state index in [1.807, 2.05) is 0 Å². The smallest absolute Gasteiger partial charge is 0.396 e. The fourth-order valence-corrected chi connectivity index (χ4v) is 1.33. The summed E-state index contributed by atoms with van der Waals surface area (Å²) in [7, 11) is 0. The van der Waals surface area contributed by atoms with Gasteiger partial charge in [0.15, 0.2) is 0 Å². The van der Waals surface area contributed by atoms with E-state index in [0.29, 0.717) is 0 Å². The molecule has 7 heteroatoms. The zero-order valence-corrected chi connectivity index (χ0v) is 8.60. The summed E-state index contributed by atoms with van der Waals surface area (Å²) in [5.41, 5.74) is 9.91. The lowest BCUT2D eigenvalue weighted by Crippen LogP contribution is -2.28. The van der Waals surface area contributed by atoms with Crippen molar-refractivity contribution in [2.45, 2.75) is 12.2 Å². The van der Waals surface area contributed by atoms with E-state index in [0.717, 1.165) is 12.1 Å². The fourth-order valence-electron chi connectivity index (χ4n) is 1.10. The van der Waals surface area contributed by atoms with Gasteiger partial charge in [0, 0.05) is 0 Å². The van der Waals surface area contributed by atoms with E-state index >= 15 is 0 Å². The highest BCUT2D eigenvalue weighted by Crippen LogP contribution is 2.34. The van der Waals surface area contributed by atoms with Gasteiger partial charge in [-0.3, -0.25) is 0 Å². The molecule has 0 spiro atoms. The summed E-state index contributed by atoms with van der Waals surface area (Å²) in [6, 6.07) is 1.46. The lowest BCUT2D eigenvalue weighted by Gasteiger charge is -2.17. The number of nitrogens with two attached hydrogens (primary N) is 2. The van der Waals surface area contributed by atoms with Crippen molar-refractivity contribution in [1.29, 1.82) is 5.26 Å². The Morgan fingerprint density at radius 2 is 1.94 bits per heavy atom. The van der Waals surface area contributed by atoms with Crippen LogP contribution in [0.1, 0.15) is 17.2 Å². The molecule has 86 valence electrons. The SMILES string of the molecule is N#Cc1cc([C@H](N)C(F)(F)F)cc(Cl)c1N. The fraction of sp³-hybridized carbons (Fsp3) is 0.222. The first-order valence-electron chi connectivity index (χ1n) is 4.08. The Hall–Kier alpha value is -1.45. The summed E-state index contributed by atoms with van der Waals surface area (Å²) in [5, 5.41) is 8.52. The molecular weight excluding hydrogens is 243 g/mol. The largest absolute Gasteiger partial charge is 0.407 e. The van der Waals surface area contributed by atoms with E-state index in [1.165, 1.54) is 0 Å². The average Bonchev–Trinajstić information content (AvgIpc) is 2.19. The third-order valence-corrected chi connectivity index (χ3v) is 2.30. The van der Waals surface area contributed by atoms with Crippen molar-refractivity contribution in [3.8, 4) is 6.07 Å². The van der Waals surface area contributed by atoms with Crippen LogP contribution in [-0.4, -0.2) is 6.18 Å². The number of nitriles is 1. The monoisotopic (exact) mass is 249 g/mol. The summed E-state index contributed by atoms with van der Waals surface area (Å²) < 4.78 is 37.0. The molecular formula is C9H7ClF3N3. The molecule has 0 fully saturated rings. The first kappa shape index (κ1) is 12.6. The van der Waals surface area contributed by atoms with Crippen LogP contribution in [0.25, 0.3) is 0 Å². The van der Waals surface area contributed by atoms with Crippen LogP contribution >= 0.6 is 11.6 Å². The molecule has 1 aromatic rings. The number of anilines is 1. The Morgan fingerprint density at radius 1 is 1.38 bits per heavy atom. The first-order valence-corrected chi connectivity index (χ1v) is 4.46. The van der Waals surface area contributed by atoms with Gasteiger partial charge in [0.2, 0.25) is 0 Å². The van der Waals surface area contributed by atoms with Gasteiger partial charge in [-0.25, -0.2) is 0 Å². The van der Waals surface area contributed by atoms with Crippen molar-refractivity contribution in [2.24, 2.45) is 5.73 Å². The van der Waals surface area contributed by atoms with Crippen molar-refractivity contribution in [1.82, 2.24) is 0 Å². The second-order valence-corrected chi connectivity index (χ2v) is 3.50. The van der Waals surface area contributed by atoms with E-state index in [4.69, 9.17) is 28.3 Å². The van der Waals surface area contributed by atoms with Crippen molar-refractivity contribution in [2.75, 3.05) is 5.73 Å². The van der Waals surface area contributed by atoms with Gasteiger partial charge >= 0.3 is 6.18 Å². The Labute approximate surface area is 94.4 Å². The van der Waals surface area contributed by atoms with Crippen LogP contribution in [0.4, 0.5) is 18.9 Å². The Morgan fingerprint density at radius 3 is 2.38 bits per heavy atom. The number of alkyl halides is 3. The quantitative estimate of drug-likeness (QED) is 0.750. The van der Waals surface area contributed by atoms with Crippen LogP contribution < -0.4 is 11.5 Å². The number of benzene rings is 1. The zero-order valence-electron chi connectivity index (χ0n) is 7.85. The van der Waals surface area contributed by atoms with Crippen LogP contribution in [0.3, 0.4) is 0 Å². The second kappa shape index (κ2) is 4.20. The van der Waals surface area contributed by atoms with Gasteiger partial charge in [0.25, 0.3) is 0 Å². The van der Waals surface area contributed by atoms with Crippen LogP contribution in [-0.2, 0) is 0 Å². The average molecular weight is 250 g/mol. The number of halogens is 4. The van der Waals surface area contributed by atoms with Crippen molar-refractivity contribution < 1.29 is 13.2 Å². The molecule has 0 saturated carbocycles. The normalized spacial score (nSPS) is 13.2. The first-order chi connectivity index (χ1) is 7.27. The number of hydrogen-bond donors (Lipinski definition) is 2. The number of hydrogen-bond acceptors (Lipinski definition) is 3. The van der Waals surface area contributed by atoms with Crippen LogP contribution in [0.2, 0.25) is 5.02 Å². The predicted octanol–water partition coefficient (Wildman–Crippen LogP) is 2.36. The van der Waals surface area contributed by atoms with Crippen LogP contribution in [0, 0.1) is 11.3 Å². The number of rotatable bonds is 1. The van der Waals surface area contributed by atoms with Crippen molar-refractivity contribution in [3.63, 3.8) is 0 Å². The second-order valence-electron chi connectivity index (χ2n) is 3.10. The number of nitrogens with zero attached hydrogens (tertiary/aromatic N) is 1. The zero-order chi connectivity index (χ0) is 12.5. The third-order valence-electron chi connectivity index (χ3n) is 1.98. The minimum atomic E-state index is -4.59. The summed E-state index contributed by atoms with van der Waals surface area (Å²) in [4.78, 5) is 0. The van der Waals surface area contributed by atoms with E-state index in [2.05, 4.69) is 0 Å². The summed E-state index contributed by atoms with van der Waals surface area (Å²) in [5.74, 6) is 0. The van der Waals surface area contributed by atoms with Gasteiger partial charge < -0.3 is 11.5 Å². The molecule has 0 aliphatic rings. The van der Waals surface area contributed by atoms with Gasteiger partial charge in [0.05, 0.1) is 16.3 Å². The van der Waals surface area contributed by atoms with Gasteiger partial charge in [-0.15, -0.1) is 0 Å². The van der Waals surface area contributed by atoms with Gasteiger partial charge in [-0.1, -0.05) is 11.6 Å². The summed E-state index contributed by atoms with van der Waals surface area (Å²) in [6.45, 7) is 0. The minimum absolute atomic E-state index is 0.0534. The molecule has 0 saturated heterocycles. The van der Waals surface area contributed by atoms with Gasteiger partial charge in [-0.05, 0) is 17.7 Å². The third kappa shape index (κ3) is 2.38. The molecule has 0 amide bonds. The highest BCUT2D eigenvalue weighted by atomic mass is 35.5. The van der Waals surface area contributed by atoms with Crippen LogP contribution in [0.15, 0.2) is 12.1 Å². The molecule has 0 unspecified atom stereocenters. The summed E-state index contributed by atoms with van der Waals surface area (Å²) in [6.07, 6.45) is -4.59. The molecule has 1 atom stereocenters. The van der Waals surface area contributed by atoms with Gasteiger partial charge in [0.1, 0.15) is 12.1 Å². The highest BCUT2D eigenvalue weighted by Gasteiger charge is 2.38. The lowest BCUT2D eigenvalue weighted by molar-refractivity contribution is -0.149. The molecule has 0 aliphatic heterocycles. The molecule has 4 N–H and O–H groups in total. The van der Waals surface area contributed by atoms with E-state index in [-0.39, 0.29) is 21.8 Å². The summed E-state index contributed by atoms with van der Waals surface area (Å²) >= 11 is 5.59. The molecule has 0 bridgehead atoms. The Kier molecular flexibility index (Phi) is 3.31. The number of nitrogen functional groups attached to an aromatic ring is 1. The Bertz CT molecular complexity index is 451. The molecule has 0 aliphatic carbocycles. The van der Waals surface area contributed by atoms with Gasteiger partial charge in [-0.2, -0.15) is 18.4 Å². The van der Waals surface area contributed by atoms with Crippen molar-refractivity contribution in [3.05, 3.63) is 28.3 Å². The molecule has 16 heavy (non-hydrogen) atoms. The maximum Gasteiger partial charge on any atom is 0.407 e. The maximum atomic E-state index is 12.3. The maximum absolute atomic E-state index is 12.3. The highest BCUT2D eigenvalue weighted by molar-refractivity contribution is 6.33. The standard InChI is InChI=1S/C9H7ClF3N3/c10-6-2-4(8(16)9(11,12)13)1-5(3-14)7(6)15/h1-2,8H,15-16H2/t8-/m0/s1. The minimum Gasteiger partial charge on any atom is -0.396 e. The topological polar surface area (TPSA) is 75.8 Å². The molecule has 0 radical (unpaired) electrons. The predicted molar refractivity (Wildman–Crippen MR) is 53.6 cm³/mol. The van der Waals surface area contributed by atoms with E-state index < -0.39 is 12.2 Å². The van der Waals surface area contributed by atoms with Crippen molar-refractivity contribution >= 4 is 17.3 Å². The van der Waals surface area contributed by atoms with E-state index in [9.17, 15) is 13.2 Å². The molecule has 3 nitrogen and oxygen atoms in total. The van der Waals surface area contributed by atoms with E-state index in [1.54, 1.807) is 6.07 Å². The molecule has 1 rings (SSSR count). The Balaban J connectivity index is 3.28.